The van der Waals surface area contributed by atoms with E-state index in [9.17, 15) is 4.39 Å². The molecular weight excluding hydrogens is 181 g/mol. The summed E-state index contributed by atoms with van der Waals surface area (Å²) in [5.41, 5.74) is 0. The smallest absolute Gasteiger partial charge is 0.223 e. The minimum Gasteiger partial charge on any atom is -0.263 e. The molecule has 3 nitrogen and oxygen atoms in total. The van der Waals surface area contributed by atoms with Crippen molar-refractivity contribution in [2.45, 2.75) is 6.17 Å². The van der Waals surface area contributed by atoms with Gasteiger partial charge in [0.15, 0.2) is 12.0 Å². The number of alkyl halides is 1. The molecule has 12 heavy (non-hydrogen) atoms. The average molecular weight is 188 g/mol. The summed E-state index contributed by atoms with van der Waals surface area (Å²) in [7, 11) is 0. The fourth-order valence-corrected chi connectivity index (χ4v) is 0.802. The lowest BCUT2D eigenvalue weighted by Gasteiger charge is -2.05. The van der Waals surface area contributed by atoms with Crippen molar-refractivity contribution >= 4 is 28.9 Å². The van der Waals surface area contributed by atoms with Crippen LogP contribution in [0.15, 0.2) is 27.6 Å². The van der Waals surface area contributed by atoms with Gasteiger partial charge in [-0.05, 0) is 11.6 Å². The summed E-state index contributed by atoms with van der Waals surface area (Å²) in [5.74, 6) is 0.0508. The molecule has 1 atom stereocenters. The molecule has 1 aliphatic heterocycles. The molecule has 0 fully saturated rings. The summed E-state index contributed by atoms with van der Waals surface area (Å²) in [6, 6.07) is 0. The Morgan fingerprint density at radius 3 is 3.25 bits per heavy atom. The van der Waals surface area contributed by atoms with E-state index >= 15 is 0 Å². The second-order valence-corrected chi connectivity index (χ2v) is 2.39. The Bertz CT molecular complexity index is 270. The second kappa shape index (κ2) is 4.11. The van der Waals surface area contributed by atoms with Gasteiger partial charge in [0.25, 0.3) is 0 Å². The van der Waals surface area contributed by atoms with E-state index in [0.717, 1.165) is 6.21 Å². The third-order valence-corrected chi connectivity index (χ3v) is 1.33. The number of hydrogen-bond acceptors (Lipinski definition) is 2. The van der Waals surface area contributed by atoms with Crippen molar-refractivity contribution in [1.29, 1.82) is 0 Å². The molecule has 0 amide bonds. The van der Waals surface area contributed by atoms with Crippen LogP contribution in [0, 0.1) is 0 Å². The van der Waals surface area contributed by atoms with Crippen LogP contribution in [0.2, 0.25) is 0 Å². The summed E-state index contributed by atoms with van der Waals surface area (Å²) in [6.07, 6.45) is 1.26. The van der Waals surface area contributed by atoms with Crippen LogP contribution in [0.1, 0.15) is 0 Å². The first-order valence-corrected chi connectivity index (χ1v) is 3.69. The highest BCUT2D eigenvalue weighted by molar-refractivity contribution is 6.66. The normalized spacial score (nSPS) is 25.7. The van der Waals surface area contributed by atoms with Crippen LogP contribution in [0.3, 0.4) is 0 Å². The first-order valence-electron chi connectivity index (χ1n) is 3.31. The van der Waals surface area contributed by atoms with Crippen LogP contribution >= 0.6 is 11.6 Å². The minimum atomic E-state index is -1.35. The molecule has 0 saturated heterocycles. The zero-order valence-corrected chi connectivity index (χ0v) is 7.00. The molecular formula is C7H7ClFN3. The Balaban J connectivity index is 2.76. The van der Waals surface area contributed by atoms with Gasteiger partial charge in [0, 0.05) is 6.21 Å². The number of rotatable bonds is 2. The molecule has 1 rings (SSSR count). The van der Waals surface area contributed by atoms with Crippen molar-refractivity contribution in [3.63, 3.8) is 0 Å². The lowest BCUT2D eigenvalue weighted by atomic mass is 10.3. The molecule has 0 bridgehead atoms. The second-order valence-electron chi connectivity index (χ2n) is 2.05. The number of halogens is 2. The van der Waals surface area contributed by atoms with Gasteiger partial charge in [-0.25, -0.2) is 9.38 Å². The molecule has 0 saturated carbocycles. The van der Waals surface area contributed by atoms with Gasteiger partial charge in [-0.3, -0.25) is 4.99 Å². The molecule has 1 unspecified atom stereocenters. The van der Waals surface area contributed by atoms with Gasteiger partial charge >= 0.3 is 0 Å². The number of nitrogens with zero attached hydrogens (tertiary/aromatic N) is 3. The number of amidine groups is 2. The van der Waals surface area contributed by atoms with Crippen molar-refractivity contribution in [3.05, 3.63) is 12.7 Å². The SMILES string of the molecule is C=CCN=C1N=C(Cl)N=CC1F. The predicted octanol–water partition coefficient (Wildman–Crippen LogP) is 1.59. The zero-order chi connectivity index (χ0) is 8.97. The molecule has 0 aromatic carbocycles. The molecule has 64 valence electrons. The standard InChI is InChI=1S/C7H7ClFN3/c1-2-3-10-6-5(9)4-11-7(8)12-6/h2,4-5H,1,3H2. The maximum atomic E-state index is 12.9. The molecule has 1 aliphatic rings. The van der Waals surface area contributed by atoms with E-state index in [4.69, 9.17) is 11.6 Å². The Kier molecular flexibility index (Phi) is 3.10. The molecule has 0 radical (unpaired) electrons. The van der Waals surface area contributed by atoms with Gasteiger partial charge in [-0.1, -0.05) is 6.08 Å². The molecule has 0 N–H and O–H groups in total. The van der Waals surface area contributed by atoms with Crippen LogP contribution in [0.25, 0.3) is 0 Å². The van der Waals surface area contributed by atoms with E-state index in [-0.39, 0.29) is 11.1 Å². The van der Waals surface area contributed by atoms with Crippen molar-refractivity contribution in [1.82, 2.24) is 0 Å². The van der Waals surface area contributed by atoms with Gasteiger partial charge in [-0.15, -0.1) is 6.58 Å². The lowest BCUT2D eigenvalue weighted by Crippen LogP contribution is -2.20. The Labute approximate surface area is 74.4 Å². The topological polar surface area (TPSA) is 37.1 Å². The lowest BCUT2D eigenvalue weighted by molar-refractivity contribution is 0.517. The minimum absolute atomic E-state index is 0.00622. The molecule has 1 heterocycles. The maximum Gasteiger partial charge on any atom is 0.223 e. The van der Waals surface area contributed by atoms with Gasteiger partial charge in [-0.2, -0.15) is 4.99 Å². The van der Waals surface area contributed by atoms with E-state index < -0.39 is 6.17 Å². The fourth-order valence-electron chi connectivity index (χ4n) is 0.659. The molecule has 0 aromatic rings. The Morgan fingerprint density at radius 2 is 2.58 bits per heavy atom. The zero-order valence-electron chi connectivity index (χ0n) is 6.24. The van der Waals surface area contributed by atoms with Crippen LogP contribution in [-0.4, -0.2) is 30.1 Å². The molecule has 0 aliphatic carbocycles. The van der Waals surface area contributed by atoms with Gasteiger partial charge in [0.05, 0.1) is 6.54 Å². The van der Waals surface area contributed by atoms with Crippen LogP contribution < -0.4 is 0 Å². The van der Waals surface area contributed by atoms with Crippen molar-refractivity contribution in [3.8, 4) is 0 Å². The van der Waals surface area contributed by atoms with E-state index in [0.29, 0.717) is 6.54 Å². The third kappa shape index (κ3) is 2.23. The number of aliphatic imine (C=N–C) groups is 3. The van der Waals surface area contributed by atoms with E-state index in [1.54, 1.807) is 6.08 Å². The summed E-state index contributed by atoms with van der Waals surface area (Å²) in [6.45, 7) is 3.78. The van der Waals surface area contributed by atoms with E-state index in [1.807, 2.05) is 0 Å². The summed E-state index contributed by atoms with van der Waals surface area (Å²) < 4.78 is 12.9. The highest BCUT2D eigenvalue weighted by Gasteiger charge is 2.15. The van der Waals surface area contributed by atoms with Crippen LogP contribution in [0.4, 0.5) is 4.39 Å². The van der Waals surface area contributed by atoms with E-state index in [2.05, 4.69) is 21.6 Å². The van der Waals surface area contributed by atoms with Crippen molar-refractivity contribution in [2.24, 2.45) is 15.0 Å². The largest absolute Gasteiger partial charge is 0.263 e. The highest BCUT2D eigenvalue weighted by Crippen LogP contribution is 2.04. The first kappa shape index (κ1) is 9.06. The van der Waals surface area contributed by atoms with Gasteiger partial charge in [0.1, 0.15) is 0 Å². The maximum absolute atomic E-state index is 12.9. The Morgan fingerprint density at radius 1 is 1.83 bits per heavy atom. The van der Waals surface area contributed by atoms with Crippen molar-refractivity contribution < 1.29 is 4.39 Å². The fraction of sp³-hybridized carbons (Fsp3) is 0.286. The predicted molar refractivity (Wildman–Crippen MR) is 49.2 cm³/mol. The van der Waals surface area contributed by atoms with Crippen LogP contribution in [-0.2, 0) is 0 Å². The highest BCUT2D eigenvalue weighted by atomic mass is 35.5. The molecule has 0 spiro atoms. The van der Waals surface area contributed by atoms with Crippen LogP contribution in [0.5, 0.6) is 0 Å². The summed E-state index contributed by atoms with van der Waals surface area (Å²) in [5, 5.41) is 0.00622. The number of hydrogen-bond donors (Lipinski definition) is 0. The Hall–Kier alpha value is -1.03. The van der Waals surface area contributed by atoms with Crippen molar-refractivity contribution in [2.75, 3.05) is 6.54 Å². The van der Waals surface area contributed by atoms with E-state index in [1.165, 1.54) is 0 Å². The van der Waals surface area contributed by atoms with Gasteiger partial charge in [0.2, 0.25) is 5.29 Å². The average Bonchev–Trinajstić information content (AvgIpc) is 2.07. The third-order valence-electron chi connectivity index (χ3n) is 1.15. The molecule has 0 aromatic heterocycles. The molecule has 5 heteroatoms. The summed E-state index contributed by atoms with van der Waals surface area (Å²) >= 11 is 5.43. The first-order chi connectivity index (χ1) is 5.74. The quantitative estimate of drug-likeness (QED) is 0.465. The van der Waals surface area contributed by atoms with Gasteiger partial charge < -0.3 is 0 Å². The monoisotopic (exact) mass is 187 g/mol. The summed E-state index contributed by atoms with van der Waals surface area (Å²) in [4.78, 5) is 10.9.